The van der Waals surface area contributed by atoms with Crippen molar-refractivity contribution in [3.63, 3.8) is 0 Å². The van der Waals surface area contributed by atoms with Gasteiger partial charge in [-0.3, -0.25) is 0 Å². The Labute approximate surface area is 116 Å². The minimum atomic E-state index is -0.213. The lowest BCUT2D eigenvalue weighted by atomic mass is 10.1. The number of phenols is 1. The fraction of sp³-hybridized carbons (Fsp3) is 0.200. The summed E-state index contributed by atoms with van der Waals surface area (Å²) in [7, 11) is 0. The van der Waals surface area contributed by atoms with Gasteiger partial charge in [0.1, 0.15) is 11.6 Å². The first-order valence-corrected chi connectivity index (χ1v) is 6.36. The van der Waals surface area contributed by atoms with E-state index in [1.54, 1.807) is 25.1 Å². The lowest BCUT2D eigenvalue weighted by Gasteiger charge is -2.16. The van der Waals surface area contributed by atoms with Crippen LogP contribution in [0.1, 0.15) is 24.1 Å². The van der Waals surface area contributed by atoms with Crippen LogP contribution in [0, 0.1) is 12.7 Å². The summed E-state index contributed by atoms with van der Waals surface area (Å²) in [4.78, 5) is 0. The molecule has 2 rings (SSSR count). The zero-order chi connectivity index (χ0) is 14.0. The second-order valence-electron chi connectivity index (χ2n) is 4.54. The Balaban J connectivity index is 2.17. The van der Waals surface area contributed by atoms with Crippen LogP contribution in [0.4, 0.5) is 10.1 Å². The first-order valence-electron chi connectivity index (χ1n) is 5.98. The monoisotopic (exact) mass is 279 g/mol. The van der Waals surface area contributed by atoms with Crippen molar-refractivity contribution in [2.75, 3.05) is 5.32 Å². The molecule has 0 saturated heterocycles. The summed E-state index contributed by atoms with van der Waals surface area (Å²) >= 11 is 5.84. The maximum absolute atomic E-state index is 13.5. The molecule has 0 radical (unpaired) electrons. The van der Waals surface area contributed by atoms with Gasteiger partial charge in [-0.25, -0.2) is 4.39 Å². The first kappa shape index (κ1) is 13.7. The number of halogens is 2. The van der Waals surface area contributed by atoms with Gasteiger partial charge in [0.25, 0.3) is 0 Å². The number of hydrogen-bond donors (Lipinski definition) is 2. The van der Waals surface area contributed by atoms with E-state index in [1.807, 2.05) is 13.0 Å². The molecule has 2 nitrogen and oxygen atoms in total. The molecule has 0 saturated carbocycles. The average molecular weight is 280 g/mol. The van der Waals surface area contributed by atoms with Crippen LogP contribution in [-0.4, -0.2) is 5.11 Å². The number of rotatable bonds is 3. The maximum Gasteiger partial charge on any atom is 0.134 e. The van der Waals surface area contributed by atoms with E-state index >= 15 is 0 Å². The molecule has 4 heteroatoms. The molecule has 0 amide bonds. The Morgan fingerprint density at radius 1 is 1.21 bits per heavy atom. The fourth-order valence-corrected chi connectivity index (χ4v) is 1.99. The van der Waals surface area contributed by atoms with Crippen LogP contribution < -0.4 is 5.32 Å². The quantitative estimate of drug-likeness (QED) is 0.801. The molecular formula is C15H15ClFNO. The number of anilines is 1. The van der Waals surface area contributed by atoms with Gasteiger partial charge in [0.05, 0.1) is 5.02 Å². The highest BCUT2D eigenvalue weighted by atomic mass is 35.5. The topological polar surface area (TPSA) is 32.3 Å². The van der Waals surface area contributed by atoms with Crippen LogP contribution in [-0.2, 0) is 0 Å². The molecule has 0 aromatic heterocycles. The number of aryl methyl sites for hydroxylation is 1. The van der Waals surface area contributed by atoms with Crippen LogP contribution in [0.15, 0.2) is 36.4 Å². The first-order chi connectivity index (χ1) is 8.97. The van der Waals surface area contributed by atoms with Crippen LogP contribution in [0.25, 0.3) is 0 Å². The Morgan fingerprint density at radius 2 is 1.95 bits per heavy atom. The standard InChI is InChI=1S/C15H15ClFNO/c1-9-3-4-11(7-14(9)17)10(2)18-12-5-6-15(19)13(16)8-12/h3-8,10,18-19H,1-2H3. The number of benzene rings is 2. The van der Waals surface area contributed by atoms with E-state index in [2.05, 4.69) is 5.32 Å². The predicted octanol–water partition coefficient (Wildman–Crippen LogP) is 4.67. The summed E-state index contributed by atoms with van der Waals surface area (Å²) in [5.41, 5.74) is 2.26. The predicted molar refractivity (Wildman–Crippen MR) is 76.3 cm³/mol. The van der Waals surface area contributed by atoms with Gasteiger partial charge in [0.15, 0.2) is 0 Å². The van der Waals surface area contributed by atoms with Gasteiger partial charge in [0, 0.05) is 11.7 Å². The van der Waals surface area contributed by atoms with Gasteiger partial charge >= 0.3 is 0 Å². The second kappa shape index (κ2) is 5.49. The van der Waals surface area contributed by atoms with E-state index in [1.165, 1.54) is 12.1 Å². The summed E-state index contributed by atoms with van der Waals surface area (Å²) in [5.74, 6) is -0.170. The van der Waals surface area contributed by atoms with Crippen molar-refractivity contribution in [2.24, 2.45) is 0 Å². The fourth-order valence-electron chi connectivity index (χ4n) is 1.81. The van der Waals surface area contributed by atoms with Crippen LogP contribution in [0.5, 0.6) is 5.75 Å². The molecule has 0 fully saturated rings. The molecule has 1 unspecified atom stereocenters. The van der Waals surface area contributed by atoms with E-state index < -0.39 is 0 Å². The smallest absolute Gasteiger partial charge is 0.134 e. The zero-order valence-corrected chi connectivity index (χ0v) is 11.5. The van der Waals surface area contributed by atoms with Gasteiger partial charge < -0.3 is 10.4 Å². The molecule has 2 N–H and O–H groups in total. The largest absolute Gasteiger partial charge is 0.506 e. The van der Waals surface area contributed by atoms with E-state index in [-0.39, 0.29) is 22.6 Å². The molecule has 2 aromatic carbocycles. The lowest BCUT2D eigenvalue weighted by Crippen LogP contribution is -2.07. The van der Waals surface area contributed by atoms with Gasteiger partial charge in [-0.1, -0.05) is 23.7 Å². The van der Waals surface area contributed by atoms with Gasteiger partial charge in [-0.15, -0.1) is 0 Å². The molecule has 1 atom stereocenters. The van der Waals surface area contributed by atoms with E-state index in [0.29, 0.717) is 5.56 Å². The Kier molecular flexibility index (Phi) is 3.96. The second-order valence-corrected chi connectivity index (χ2v) is 4.95. The van der Waals surface area contributed by atoms with Gasteiger partial charge in [-0.05, 0) is 49.2 Å². The summed E-state index contributed by atoms with van der Waals surface area (Å²) in [6, 6.07) is 9.99. The number of hydrogen-bond acceptors (Lipinski definition) is 2. The third-order valence-corrected chi connectivity index (χ3v) is 3.33. The van der Waals surface area contributed by atoms with E-state index in [0.717, 1.165) is 11.3 Å². The van der Waals surface area contributed by atoms with Crippen molar-refractivity contribution in [3.05, 3.63) is 58.4 Å². The highest BCUT2D eigenvalue weighted by molar-refractivity contribution is 6.32. The van der Waals surface area contributed by atoms with E-state index in [4.69, 9.17) is 11.6 Å². The molecule has 0 aliphatic heterocycles. The highest BCUT2D eigenvalue weighted by Crippen LogP contribution is 2.28. The highest BCUT2D eigenvalue weighted by Gasteiger charge is 2.08. The molecule has 100 valence electrons. The third-order valence-electron chi connectivity index (χ3n) is 3.03. The molecule has 0 heterocycles. The summed E-state index contributed by atoms with van der Waals surface area (Å²) in [5, 5.41) is 12.8. The van der Waals surface area contributed by atoms with E-state index in [9.17, 15) is 9.50 Å². The summed E-state index contributed by atoms with van der Waals surface area (Å²) < 4.78 is 13.5. The van der Waals surface area contributed by atoms with Crippen molar-refractivity contribution >= 4 is 17.3 Å². The van der Waals surface area contributed by atoms with Gasteiger partial charge in [0.2, 0.25) is 0 Å². The SMILES string of the molecule is Cc1ccc(C(C)Nc2ccc(O)c(Cl)c2)cc1F. The van der Waals surface area contributed by atoms with Crippen molar-refractivity contribution in [1.29, 1.82) is 0 Å². The van der Waals surface area contributed by atoms with Crippen molar-refractivity contribution < 1.29 is 9.50 Å². The lowest BCUT2D eigenvalue weighted by molar-refractivity contribution is 0.475. The van der Waals surface area contributed by atoms with Crippen LogP contribution in [0.2, 0.25) is 5.02 Å². The Morgan fingerprint density at radius 3 is 2.58 bits per heavy atom. The molecule has 19 heavy (non-hydrogen) atoms. The molecule has 2 aromatic rings. The molecule has 0 aliphatic rings. The van der Waals surface area contributed by atoms with Crippen LogP contribution >= 0.6 is 11.6 Å². The molecule has 0 aliphatic carbocycles. The maximum atomic E-state index is 13.5. The molecule has 0 spiro atoms. The van der Waals surface area contributed by atoms with Crippen molar-refractivity contribution in [2.45, 2.75) is 19.9 Å². The number of nitrogens with one attached hydrogen (secondary N) is 1. The van der Waals surface area contributed by atoms with Crippen LogP contribution in [0.3, 0.4) is 0 Å². The Bertz CT molecular complexity index is 601. The number of phenolic OH excluding ortho intramolecular Hbond substituents is 1. The normalized spacial score (nSPS) is 12.2. The molecular weight excluding hydrogens is 265 g/mol. The van der Waals surface area contributed by atoms with Crippen molar-refractivity contribution in [3.8, 4) is 5.75 Å². The Hall–Kier alpha value is -1.74. The molecule has 0 bridgehead atoms. The van der Waals surface area contributed by atoms with Crippen molar-refractivity contribution in [1.82, 2.24) is 0 Å². The third kappa shape index (κ3) is 3.18. The minimum absolute atomic E-state index is 0.0428. The number of aromatic hydroxyl groups is 1. The minimum Gasteiger partial charge on any atom is -0.506 e. The van der Waals surface area contributed by atoms with Gasteiger partial charge in [-0.2, -0.15) is 0 Å². The summed E-state index contributed by atoms with van der Waals surface area (Å²) in [6.07, 6.45) is 0. The zero-order valence-electron chi connectivity index (χ0n) is 10.7. The summed E-state index contributed by atoms with van der Waals surface area (Å²) in [6.45, 7) is 3.67. The average Bonchev–Trinajstić information content (AvgIpc) is 2.37.